The van der Waals surface area contributed by atoms with E-state index in [1.807, 2.05) is 79.7 Å². The fourth-order valence-corrected chi connectivity index (χ4v) is 4.67. The van der Waals surface area contributed by atoms with Gasteiger partial charge in [-0.1, -0.05) is 61.5 Å². The van der Waals surface area contributed by atoms with E-state index in [2.05, 4.69) is 34.6 Å². The van der Waals surface area contributed by atoms with Crippen LogP contribution in [0.25, 0.3) is 21.7 Å². The molecule has 5 rings (SSSR count). The van der Waals surface area contributed by atoms with Crippen LogP contribution in [0.4, 0.5) is 0 Å². The number of aryl methyl sites for hydroxylation is 1. The Hall–Kier alpha value is -4.22. The Kier molecular flexibility index (Phi) is 8.49. The lowest BCUT2D eigenvalue weighted by Crippen LogP contribution is -2.22. The van der Waals surface area contributed by atoms with E-state index < -0.39 is 0 Å². The van der Waals surface area contributed by atoms with Crippen LogP contribution in [0, 0.1) is 0 Å². The summed E-state index contributed by atoms with van der Waals surface area (Å²) in [5, 5.41) is 16.0. The summed E-state index contributed by atoms with van der Waals surface area (Å²) in [5.41, 5.74) is 4.72. The summed E-state index contributed by atoms with van der Waals surface area (Å²) < 4.78 is 6.02. The van der Waals surface area contributed by atoms with Crippen molar-refractivity contribution in [3.8, 4) is 5.75 Å². The average molecular weight is 519 g/mol. The summed E-state index contributed by atoms with van der Waals surface area (Å²) in [7, 11) is 0. The van der Waals surface area contributed by atoms with Crippen molar-refractivity contribution in [2.45, 2.75) is 51.9 Å². The number of carbonyl (C=O) groups excluding carboxylic acids is 1. The first kappa shape index (κ1) is 26.4. The van der Waals surface area contributed by atoms with Crippen LogP contribution in [-0.2, 0) is 19.6 Å². The summed E-state index contributed by atoms with van der Waals surface area (Å²) in [6.07, 6.45) is 3.22. The van der Waals surface area contributed by atoms with Crippen molar-refractivity contribution in [1.29, 1.82) is 0 Å². The zero-order valence-electron chi connectivity index (χ0n) is 22.3. The number of rotatable bonds is 11. The molecule has 2 N–H and O–H groups in total. The molecule has 1 atom stereocenters. The number of carbonyl (C=O) groups is 1. The van der Waals surface area contributed by atoms with Gasteiger partial charge in [-0.3, -0.25) is 4.79 Å². The molecule has 0 radical (unpaired) electrons. The van der Waals surface area contributed by atoms with Crippen molar-refractivity contribution >= 4 is 27.6 Å². The Morgan fingerprint density at radius 2 is 1.62 bits per heavy atom. The van der Waals surface area contributed by atoms with Gasteiger partial charge in [0.15, 0.2) is 0 Å². The molecule has 39 heavy (non-hydrogen) atoms. The smallest absolute Gasteiger partial charge is 0.251 e. The molecule has 0 saturated carbocycles. The Labute approximate surface area is 229 Å². The van der Waals surface area contributed by atoms with E-state index in [1.54, 1.807) is 0 Å². The molecule has 5 heteroatoms. The highest BCUT2D eigenvalue weighted by Gasteiger charge is 2.08. The third-order valence-corrected chi connectivity index (χ3v) is 7.06. The number of ether oxygens (including phenoxy) is 1. The molecule has 0 bridgehead atoms. The minimum absolute atomic E-state index is 0.0888. The van der Waals surface area contributed by atoms with Crippen molar-refractivity contribution < 1.29 is 14.6 Å². The van der Waals surface area contributed by atoms with Gasteiger partial charge in [-0.2, -0.15) is 0 Å². The normalized spacial score (nSPS) is 11.9. The number of aromatic nitrogens is 1. The van der Waals surface area contributed by atoms with Crippen LogP contribution in [-0.4, -0.2) is 22.1 Å². The number of pyridine rings is 1. The maximum absolute atomic E-state index is 12.7. The molecular weight excluding hydrogens is 484 g/mol. The molecule has 0 fully saturated rings. The van der Waals surface area contributed by atoms with Crippen molar-refractivity contribution in [1.82, 2.24) is 10.3 Å². The van der Waals surface area contributed by atoms with Crippen LogP contribution < -0.4 is 10.1 Å². The molecule has 1 heterocycles. The molecule has 1 amide bonds. The van der Waals surface area contributed by atoms with Gasteiger partial charge in [-0.15, -0.1) is 0 Å². The zero-order chi connectivity index (χ0) is 27.0. The van der Waals surface area contributed by atoms with Crippen LogP contribution >= 0.6 is 0 Å². The maximum Gasteiger partial charge on any atom is 0.251 e. The van der Waals surface area contributed by atoms with Crippen LogP contribution in [0.2, 0.25) is 0 Å². The van der Waals surface area contributed by atoms with Crippen LogP contribution in [0.5, 0.6) is 5.75 Å². The van der Waals surface area contributed by atoms with E-state index >= 15 is 0 Å². The number of nitrogens with zero attached hydrogens (tertiary/aromatic N) is 1. The van der Waals surface area contributed by atoms with Gasteiger partial charge in [0.05, 0.1) is 17.3 Å². The van der Waals surface area contributed by atoms with Crippen molar-refractivity contribution in [3.05, 3.63) is 119 Å². The third kappa shape index (κ3) is 7.01. The number of aliphatic hydroxyl groups excluding tert-OH is 1. The summed E-state index contributed by atoms with van der Waals surface area (Å²) in [5.74, 6) is 0.706. The number of hydrogen-bond acceptors (Lipinski definition) is 4. The summed E-state index contributed by atoms with van der Waals surface area (Å²) in [4.78, 5) is 17.4. The van der Waals surface area contributed by atoms with E-state index in [-0.39, 0.29) is 12.0 Å². The van der Waals surface area contributed by atoms with Gasteiger partial charge < -0.3 is 15.2 Å². The number of aliphatic hydroxyl groups is 1. The molecule has 0 aliphatic carbocycles. The van der Waals surface area contributed by atoms with Gasteiger partial charge in [0.1, 0.15) is 12.4 Å². The lowest BCUT2D eigenvalue weighted by Gasteiger charge is -2.10. The Balaban J connectivity index is 1.14. The minimum atomic E-state index is -0.223. The molecule has 0 saturated heterocycles. The highest BCUT2D eigenvalue weighted by molar-refractivity contribution is 5.94. The Morgan fingerprint density at radius 1 is 0.872 bits per heavy atom. The largest absolute Gasteiger partial charge is 0.487 e. The second-order valence-corrected chi connectivity index (χ2v) is 9.96. The SMILES string of the molecule is CCC(O)CCCc1ccc(C(=O)NCc2ccc3cc(OCc4ccc5ccccc5n4)ccc3c2)cc1. The van der Waals surface area contributed by atoms with Gasteiger partial charge in [0, 0.05) is 17.5 Å². The highest BCUT2D eigenvalue weighted by Crippen LogP contribution is 2.23. The average Bonchev–Trinajstić information content (AvgIpc) is 2.98. The molecule has 1 aromatic heterocycles. The van der Waals surface area contributed by atoms with E-state index in [0.717, 1.165) is 64.4 Å². The maximum atomic E-state index is 12.7. The lowest BCUT2D eigenvalue weighted by atomic mass is 10.0. The minimum Gasteiger partial charge on any atom is -0.487 e. The molecule has 4 aromatic carbocycles. The Bertz CT molecular complexity index is 1560. The number of nitrogens with one attached hydrogen (secondary N) is 1. The first-order chi connectivity index (χ1) is 19.1. The lowest BCUT2D eigenvalue weighted by molar-refractivity contribution is 0.0951. The van der Waals surface area contributed by atoms with Gasteiger partial charge in [-0.05, 0) is 90.0 Å². The summed E-state index contributed by atoms with van der Waals surface area (Å²) >= 11 is 0. The summed E-state index contributed by atoms with van der Waals surface area (Å²) in [6, 6.07) is 32.1. The van der Waals surface area contributed by atoms with Crippen molar-refractivity contribution in [3.63, 3.8) is 0 Å². The van der Waals surface area contributed by atoms with Crippen molar-refractivity contribution in [2.24, 2.45) is 0 Å². The monoisotopic (exact) mass is 518 g/mol. The first-order valence-corrected chi connectivity index (χ1v) is 13.6. The van der Waals surface area contributed by atoms with Crippen LogP contribution in [0.1, 0.15) is 53.4 Å². The third-order valence-electron chi connectivity index (χ3n) is 7.06. The molecule has 5 aromatic rings. The number of para-hydroxylation sites is 1. The molecule has 5 nitrogen and oxygen atoms in total. The van der Waals surface area contributed by atoms with Gasteiger partial charge >= 0.3 is 0 Å². The number of fused-ring (bicyclic) bond motifs is 2. The van der Waals surface area contributed by atoms with E-state index in [1.165, 1.54) is 5.56 Å². The van der Waals surface area contributed by atoms with E-state index in [9.17, 15) is 9.90 Å². The quantitative estimate of drug-likeness (QED) is 0.198. The second kappa shape index (κ2) is 12.5. The van der Waals surface area contributed by atoms with Gasteiger partial charge in [0.2, 0.25) is 0 Å². The predicted octanol–water partition coefficient (Wildman–Crippen LogP) is 6.99. The fourth-order valence-electron chi connectivity index (χ4n) is 4.67. The second-order valence-electron chi connectivity index (χ2n) is 9.96. The summed E-state index contributed by atoms with van der Waals surface area (Å²) in [6.45, 7) is 2.86. The van der Waals surface area contributed by atoms with E-state index in [0.29, 0.717) is 18.7 Å². The van der Waals surface area contributed by atoms with E-state index in [4.69, 9.17) is 4.74 Å². The fraction of sp³-hybridized carbons (Fsp3) is 0.235. The molecule has 0 aliphatic rings. The predicted molar refractivity (Wildman–Crippen MR) is 157 cm³/mol. The molecule has 198 valence electrons. The molecular formula is C34H34N2O3. The highest BCUT2D eigenvalue weighted by atomic mass is 16.5. The zero-order valence-corrected chi connectivity index (χ0v) is 22.3. The topological polar surface area (TPSA) is 71.5 Å². The Morgan fingerprint density at radius 3 is 2.46 bits per heavy atom. The van der Waals surface area contributed by atoms with Crippen molar-refractivity contribution in [2.75, 3.05) is 0 Å². The van der Waals surface area contributed by atoms with Crippen LogP contribution in [0.3, 0.4) is 0 Å². The molecule has 0 aliphatic heterocycles. The van der Waals surface area contributed by atoms with Crippen LogP contribution in [0.15, 0.2) is 97.1 Å². The number of amides is 1. The molecule has 1 unspecified atom stereocenters. The first-order valence-electron chi connectivity index (χ1n) is 13.6. The molecule has 0 spiro atoms. The van der Waals surface area contributed by atoms with Gasteiger partial charge in [-0.25, -0.2) is 4.98 Å². The van der Waals surface area contributed by atoms with Gasteiger partial charge in [0.25, 0.3) is 5.91 Å². The standard InChI is InChI=1S/C34H34N2O3/c1-2-31(37)8-5-6-24-10-13-27(14-11-24)34(38)35-22-25-12-15-29-21-32(19-17-28(29)20-25)39-23-30-18-16-26-7-3-4-9-33(26)36-30/h3-4,7,9-21,31,37H,2,5-6,8,22-23H2,1H3,(H,35,38). The number of benzene rings is 4. The number of hydrogen-bond donors (Lipinski definition) is 2.